The number of methoxy groups -OCH3 is 1. The number of esters is 1. The Morgan fingerprint density at radius 2 is 2.18 bits per heavy atom. The van der Waals surface area contributed by atoms with Gasteiger partial charge >= 0.3 is 11.9 Å². The Kier molecular flexibility index (Phi) is 2.69. The van der Waals surface area contributed by atoms with Gasteiger partial charge in [0.25, 0.3) is 0 Å². The normalized spacial score (nSPS) is 16.6. The number of rotatable bonds is 4. The molecule has 0 unspecified atom stereocenters. The zero-order chi connectivity index (χ0) is 12.6. The molecule has 0 spiro atoms. The Hall–Kier alpha value is -1.78. The van der Waals surface area contributed by atoms with Crippen LogP contribution in [-0.2, 0) is 22.0 Å². The van der Waals surface area contributed by atoms with Gasteiger partial charge < -0.3 is 14.4 Å². The fourth-order valence-corrected chi connectivity index (χ4v) is 2.17. The molecule has 5 nitrogen and oxygen atoms in total. The van der Waals surface area contributed by atoms with Crippen molar-refractivity contribution in [3.63, 3.8) is 0 Å². The molecule has 1 aliphatic rings. The number of hydrogen-bond acceptors (Lipinski definition) is 3. The van der Waals surface area contributed by atoms with Gasteiger partial charge in [-0.15, -0.1) is 0 Å². The van der Waals surface area contributed by atoms with Crippen molar-refractivity contribution < 1.29 is 19.4 Å². The van der Waals surface area contributed by atoms with E-state index in [9.17, 15) is 9.59 Å². The first-order valence-corrected chi connectivity index (χ1v) is 5.45. The molecular weight excluding hydrogens is 222 g/mol. The van der Waals surface area contributed by atoms with E-state index in [0.29, 0.717) is 5.69 Å². The maximum atomic E-state index is 11.5. The summed E-state index contributed by atoms with van der Waals surface area (Å²) in [5.74, 6) is -1.20. The van der Waals surface area contributed by atoms with Crippen molar-refractivity contribution in [3.05, 3.63) is 23.5 Å². The number of aliphatic carboxylic acids is 1. The number of ether oxygens (including phenoxy) is 1. The minimum absolute atomic E-state index is 0.123. The zero-order valence-corrected chi connectivity index (χ0v) is 9.90. The van der Waals surface area contributed by atoms with E-state index in [0.717, 1.165) is 18.4 Å². The number of carboxylic acid groups (broad SMARTS) is 1. The lowest BCUT2D eigenvalue weighted by atomic mass is 9.95. The molecule has 1 heterocycles. The van der Waals surface area contributed by atoms with Crippen molar-refractivity contribution in [2.45, 2.75) is 24.7 Å². The van der Waals surface area contributed by atoms with Crippen LogP contribution >= 0.6 is 0 Å². The number of carbonyl (C=O) groups is 2. The molecule has 92 valence electrons. The summed E-state index contributed by atoms with van der Waals surface area (Å²) in [6.07, 6.45) is 3.67. The predicted molar refractivity (Wildman–Crippen MR) is 59.9 cm³/mol. The summed E-state index contributed by atoms with van der Waals surface area (Å²) in [4.78, 5) is 22.3. The van der Waals surface area contributed by atoms with Crippen molar-refractivity contribution in [3.8, 4) is 0 Å². The number of aryl methyl sites for hydroxylation is 1. The van der Waals surface area contributed by atoms with Crippen molar-refractivity contribution in [1.82, 2.24) is 4.57 Å². The Morgan fingerprint density at radius 1 is 1.53 bits per heavy atom. The third-order valence-electron chi connectivity index (χ3n) is 3.36. The maximum Gasteiger partial charge on any atom is 0.354 e. The Labute approximate surface area is 99.0 Å². The smallest absolute Gasteiger partial charge is 0.354 e. The van der Waals surface area contributed by atoms with Crippen LogP contribution in [0.25, 0.3) is 0 Å². The molecule has 2 rings (SSSR count). The fourth-order valence-electron chi connectivity index (χ4n) is 2.17. The van der Waals surface area contributed by atoms with Crippen LogP contribution in [0, 0.1) is 0 Å². The SMILES string of the molecule is COC(=O)c1cc(C2(CC(=O)O)CC2)cn1C. The van der Waals surface area contributed by atoms with E-state index in [1.165, 1.54) is 7.11 Å². The van der Waals surface area contributed by atoms with Crippen molar-refractivity contribution >= 4 is 11.9 Å². The van der Waals surface area contributed by atoms with Gasteiger partial charge in [-0.2, -0.15) is 0 Å². The first-order valence-electron chi connectivity index (χ1n) is 5.45. The number of carbonyl (C=O) groups excluding carboxylic acids is 1. The van der Waals surface area contributed by atoms with E-state index in [1.807, 2.05) is 6.20 Å². The Balaban J connectivity index is 2.29. The summed E-state index contributed by atoms with van der Waals surface area (Å²) in [5, 5.41) is 8.88. The van der Waals surface area contributed by atoms with E-state index < -0.39 is 11.9 Å². The Bertz CT molecular complexity index is 471. The summed E-state index contributed by atoms with van der Waals surface area (Å²) in [7, 11) is 3.09. The minimum Gasteiger partial charge on any atom is -0.481 e. The lowest BCUT2D eigenvalue weighted by molar-refractivity contribution is -0.137. The number of nitrogens with zero attached hydrogens (tertiary/aromatic N) is 1. The molecule has 1 aromatic heterocycles. The van der Waals surface area contributed by atoms with E-state index in [2.05, 4.69) is 4.74 Å². The van der Waals surface area contributed by atoms with Gasteiger partial charge in [-0.05, 0) is 24.5 Å². The summed E-state index contributed by atoms with van der Waals surface area (Å²) in [6, 6.07) is 1.74. The lowest BCUT2D eigenvalue weighted by Crippen LogP contribution is -2.12. The van der Waals surface area contributed by atoms with Gasteiger partial charge in [0.1, 0.15) is 5.69 Å². The number of carboxylic acids is 1. The highest BCUT2D eigenvalue weighted by Gasteiger charge is 2.47. The van der Waals surface area contributed by atoms with Crippen molar-refractivity contribution in [2.75, 3.05) is 7.11 Å². The quantitative estimate of drug-likeness (QED) is 0.802. The largest absolute Gasteiger partial charge is 0.481 e. The number of hydrogen-bond donors (Lipinski definition) is 1. The summed E-state index contributed by atoms with van der Waals surface area (Å²) >= 11 is 0. The molecule has 0 aliphatic heterocycles. The number of aromatic nitrogens is 1. The molecule has 1 aliphatic carbocycles. The predicted octanol–water partition coefficient (Wildman–Crippen LogP) is 1.32. The van der Waals surface area contributed by atoms with E-state index >= 15 is 0 Å². The van der Waals surface area contributed by atoms with Gasteiger partial charge in [-0.1, -0.05) is 0 Å². The monoisotopic (exact) mass is 237 g/mol. The summed E-state index contributed by atoms with van der Waals surface area (Å²) < 4.78 is 6.35. The van der Waals surface area contributed by atoms with Crippen molar-refractivity contribution in [1.29, 1.82) is 0 Å². The second-order valence-electron chi connectivity index (χ2n) is 4.57. The van der Waals surface area contributed by atoms with Crippen LogP contribution in [0.3, 0.4) is 0 Å². The molecule has 1 saturated carbocycles. The zero-order valence-electron chi connectivity index (χ0n) is 9.90. The first kappa shape index (κ1) is 11.7. The highest BCUT2D eigenvalue weighted by atomic mass is 16.5. The van der Waals surface area contributed by atoms with Crippen LogP contribution in [0.15, 0.2) is 12.3 Å². The van der Waals surface area contributed by atoms with Gasteiger partial charge in [0.2, 0.25) is 0 Å². The van der Waals surface area contributed by atoms with E-state index in [4.69, 9.17) is 5.11 Å². The van der Waals surface area contributed by atoms with Gasteiger partial charge in [-0.3, -0.25) is 4.79 Å². The van der Waals surface area contributed by atoms with Gasteiger partial charge in [0.05, 0.1) is 13.5 Å². The van der Waals surface area contributed by atoms with E-state index in [-0.39, 0.29) is 11.8 Å². The van der Waals surface area contributed by atoms with Crippen LogP contribution in [-0.4, -0.2) is 28.7 Å². The van der Waals surface area contributed by atoms with Crippen LogP contribution in [0.1, 0.15) is 35.3 Å². The lowest BCUT2D eigenvalue weighted by Gasteiger charge is -2.09. The van der Waals surface area contributed by atoms with Crippen LogP contribution < -0.4 is 0 Å². The molecule has 17 heavy (non-hydrogen) atoms. The third kappa shape index (κ3) is 2.05. The van der Waals surface area contributed by atoms with Gasteiger partial charge in [0, 0.05) is 18.7 Å². The molecular formula is C12H15NO4. The molecule has 5 heteroatoms. The van der Waals surface area contributed by atoms with E-state index in [1.54, 1.807) is 17.7 Å². The molecule has 0 amide bonds. The second-order valence-corrected chi connectivity index (χ2v) is 4.57. The Morgan fingerprint density at radius 3 is 2.65 bits per heavy atom. The van der Waals surface area contributed by atoms with Gasteiger partial charge in [-0.25, -0.2) is 4.79 Å². The average molecular weight is 237 g/mol. The fraction of sp³-hybridized carbons (Fsp3) is 0.500. The molecule has 0 bridgehead atoms. The van der Waals surface area contributed by atoms with Crippen molar-refractivity contribution in [2.24, 2.45) is 7.05 Å². The first-order chi connectivity index (χ1) is 7.98. The molecule has 1 fully saturated rings. The van der Waals surface area contributed by atoms with Gasteiger partial charge in [0.15, 0.2) is 0 Å². The maximum absolute atomic E-state index is 11.5. The molecule has 1 N–H and O–H groups in total. The topological polar surface area (TPSA) is 68.5 Å². The summed E-state index contributed by atoms with van der Waals surface area (Å²) in [6.45, 7) is 0. The standard InChI is InChI=1S/C12H15NO4/c1-13-7-8(5-9(13)11(16)17-2)12(3-4-12)6-10(14)15/h5,7H,3-4,6H2,1-2H3,(H,14,15). The molecule has 0 atom stereocenters. The summed E-state index contributed by atoms with van der Waals surface area (Å²) in [5.41, 5.74) is 1.11. The molecule has 0 aromatic carbocycles. The third-order valence-corrected chi connectivity index (χ3v) is 3.36. The highest BCUT2D eigenvalue weighted by Crippen LogP contribution is 2.51. The molecule has 0 radical (unpaired) electrons. The van der Waals surface area contributed by atoms with Crippen LogP contribution in [0.2, 0.25) is 0 Å². The molecule has 0 saturated heterocycles. The molecule has 1 aromatic rings. The van der Waals surface area contributed by atoms with Crippen LogP contribution in [0.4, 0.5) is 0 Å². The second kappa shape index (κ2) is 3.91. The minimum atomic E-state index is -0.800. The average Bonchev–Trinajstić information content (AvgIpc) is 2.92. The highest BCUT2D eigenvalue weighted by molar-refractivity contribution is 5.88. The van der Waals surface area contributed by atoms with Crippen LogP contribution in [0.5, 0.6) is 0 Å².